The van der Waals surface area contributed by atoms with Gasteiger partial charge in [-0.15, -0.1) is 0 Å². The van der Waals surface area contributed by atoms with Crippen LogP contribution in [0.2, 0.25) is 0 Å². The molecule has 0 spiro atoms. The van der Waals surface area contributed by atoms with E-state index < -0.39 is 11.2 Å². The zero-order valence-electron chi connectivity index (χ0n) is 17.1. The molecule has 0 saturated heterocycles. The second kappa shape index (κ2) is 8.31. The van der Waals surface area contributed by atoms with Crippen LogP contribution in [-0.2, 0) is 6.54 Å². The molecular weight excluding hydrogens is 396 g/mol. The molecule has 0 amide bonds. The van der Waals surface area contributed by atoms with Crippen LogP contribution in [0.3, 0.4) is 0 Å². The molecule has 0 bridgehead atoms. The van der Waals surface area contributed by atoms with E-state index in [1.54, 1.807) is 72.8 Å². The lowest BCUT2D eigenvalue weighted by molar-refractivity contribution is 0.0971. The number of nitrogens with zero attached hydrogens (tertiary/aromatic N) is 2. The highest BCUT2D eigenvalue weighted by Crippen LogP contribution is 2.28. The Hall–Kier alpha value is -4.13. The molecule has 0 aliphatic carbocycles. The van der Waals surface area contributed by atoms with Gasteiger partial charge in [0, 0.05) is 5.56 Å². The quantitative estimate of drug-likeness (QED) is 0.452. The molecule has 0 radical (unpaired) electrons. The topological polar surface area (TPSA) is 79.5 Å². The monoisotopic (exact) mass is 416 g/mol. The number of fused-ring (bicyclic) bond motifs is 1. The lowest BCUT2D eigenvalue weighted by atomic mass is 10.1. The number of rotatable bonds is 6. The number of benzene rings is 3. The summed E-state index contributed by atoms with van der Waals surface area (Å²) in [4.78, 5) is 39.4. The second-order valence-corrected chi connectivity index (χ2v) is 6.85. The summed E-state index contributed by atoms with van der Waals surface area (Å²) in [6.45, 7) is -0.234. The van der Waals surface area contributed by atoms with Crippen LogP contribution in [0.5, 0.6) is 11.5 Å². The number of aromatic nitrogens is 2. The van der Waals surface area contributed by atoms with Gasteiger partial charge in [-0.2, -0.15) is 0 Å². The fourth-order valence-electron chi connectivity index (χ4n) is 3.52. The van der Waals surface area contributed by atoms with E-state index in [0.717, 1.165) is 4.57 Å². The number of carbonyl (C=O) groups is 1. The molecule has 0 saturated carbocycles. The predicted octanol–water partition coefficient (Wildman–Crippen LogP) is 3.05. The second-order valence-electron chi connectivity index (χ2n) is 6.85. The van der Waals surface area contributed by atoms with Gasteiger partial charge in [-0.25, -0.2) is 9.36 Å². The van der Waals surface area contributed by atoms with Crippen LogP contribution in [0.4, 0.5) is 0 Å². The summed E-state index contributed by atoms with van der Waals surface area (Å²) in [6, 6.07) is 20.2. The van der Waals surface area contributed by atoms with Gasteiger partial charge in [-0.1, -0.05) is 30.3 Å². The van der Waals surface area contributed by atoms with E-state index in [1.165, 1.54) is 18.8 Å². The van der Waals surface area contributed by atoms with Crippen LogP contribution in [0.25, 0.3) is 16.6 Å². The minimum absolute atomic E-state index is 0.234. The fourth-order valence-corrected chi connectivity index (χ4v) is 3.52. The van der Waals surface area contributed by atoms with Crippen LogP contribution in [0.15, 0.2) is 82.4 Å². The standard InChI is InChI=1S/C24H20N2O5/c1-30-21-13-12-16(14-22(21)31-2)20(27)15-25-19-11-7-6-10-18(19)23(28)26(24(25)29)17-8-4-3-5-9-17/h3-14H,15H2,1-2H3. The summed E-state index contributed by atoms with van der Waals surface area (Å²) in [5, 5.41) is 0.353. The third kappa shape index (κ3) is 3.61. The van der Waals surface area contributed by atoms with Crippen LogP contribution < -0.4 is 20.7 Å². The van der Waals surface area contributed by atoms with Crippen molar-refractivity contribution >= 4 is 16.7 Å². The highest BCUT2D eigenvalue weighted by atomic mass is 16.5. The number of hydrogen-bond acceptors (Lipinski definition) is 5. The van der Waals surface area contributed by atoms with Gasteiger partial charge in [0.05, 0.1) is 37.4 Å². The Morgan fingerprint density at radius 1 is 0.839 bits per heavy atom. The molecule has 1 aromatic heterocycles. The zero-order valence-corrected chi connectivity index (χ0v) is 17.1. The molecule has 0 unspecified atom stereocenters. The molecule has 0 N–H and O–H groups in total. The maximum atomic E-state index is 13.3. The number of ether oxygens (including phenoxy) is 2. The lowest BCUT2D eigenvalue weighted by Crippen LogP contribution is -2.40. The van der Waals surface area contributed by atoms with Crippen molar-refractivity contribution in [2.45, 2.75) is 6.54 Å². The van der Waals surface area contributed by atoms with Crippen molar-refractivity contribution in [1.82, 2.24) is 9.13 Å². The van der Waals surface area contributed by atoms with E-state index in [9.17, 15) is 14.4 Å². The summed E-state index contributed by atoms with van der Waals surface area (Å²) < 4.78 is 12.9. The van der Waals surface area contributed by atoms with E-state index in [0.29, 0.717) is 33.7 Å². The first kappa shape index (κ1) is 20.2. The maximum Gasteiger partial charge on any atom is 0.336 e. The van der Waals surface area contributed by atoms with Gasteiger partial charge in [-0.3, -0.25) is 14.2 Å². The Kier molecular flexibility index (Phi) is 5.41. The number of Topliss-reactive ketones (excluding diaryl/α,β-unsaturated/α-hetero) is 1. The van der Waals surface area contributed by atoms with Crippen molar-refractivity contribution in [3.8, 4) is 17.2 Å². The van der Waals surface area contributed by atoms with Crippen LogP contribution >= 0.6 is 0 Å². The van der Waals surface area contributed by atoms with Gasteiger partial charge in [0.25, 0.3) is 5.56 Å². The summed E-state index contributed by atoms with van der Waals surface area (Å²) in [6.07, 6.45) is 0. The predicted molar refractivity (Wildman–Crippen MR) is 118 cm³/mol. The van der Waals surface area contributed by atoms with Crippen LogP contribution in [0.1, 0.15) is 10.4 Å². The van der Waals surface area contributed by atoms with E-state index in [2.05, 4.69) is 0 Å². The minimum Gasteiger partial charge on any atom is -0.493 e. The third-order valence-corrected chi connectivity index (χ3v) is 5.07. The molecule has 0 aliphatic heterocycles. The Bertz CT molecular complexity index is 1390. The largest absolute Gasteiger partial charge is 0.493 e. The smallest absolute Gasteiger partial charge is 0.336 e. The molecular formula is C24H20N2O5. The van der Waals surface area contributed by atoms with E-state index in [-0.39, 0.29) is 12.3 Å². The molecule has 4 aromatic rings. The number of ketones is 1. The van der Waals surface area contributed by atoms with Gasteiger partial charge in [0.2, 0.25) is 0 Å². The molecule has 0 aliphatic rings. The van der Waals surface area contributed by atoms with Crippen molar-refractivity contribution in [1.29, 1.82) is 0 Å². The average Bonchev–Trinajstić information content (AvgIpc) is 2.82. The summed E-state index contributed by atoms with van der Waals surface area (Å²) in [5.41, 5.74) is 0.200. The summed E-state index contributed by atoms with van der Waals surface area (Å²) in [5.74, 6) is 0.616. The highest BCUT2D eigenvalue weighted by Gasteiger charge is 2.18. The number of carbonyl (C=O) groups excluding carboxylic acids is 1. The van der Waals surface area contributed by atoms with Crippen LogP contribution in [-0.4, -0.2) is 29.1 Å². The molecule has 1 heterocycles. The Morgan fingerprint density at radius 2 is 1.52 bits per heavy atom. The normalized spacial score (nSPS) is 10.8. The molecule has 156 valence electrons. The van der Waals surface area contributed by atoms with Crippen molar-refractivity contribution < 1.29 is 14.3 Å². The number of para-hydroxylation sites is 2. The molecule has 0 atom stereocenters. The number of methoxy groups -OCH3 is 2. The SMILES string of the molecule is COc1ccc(C(=O)Cn2c(=O)n(-c3ccccc3)c(=O)c3ccccc32)cc1OC. The average molecular weight is 416 g/mol. The first-order chi connectivity index (χ1) is 15.0. The molecule has 4 rings (SSSR count). The third-order valence-electron chi connectivity index (χ3n) is 5.07. The molecule has 31 heavy (non-hydrogen) atoms. The molecule has 7 nitrogen and oxygen atoms in total. The van der Waals surface area contributed by atoms with Gasteiger partial charge in [0.1, 0.15) is 0 Å². The van der Waals surface area contributed by atoms with Gasteiger partial charge >= 0.3 is 5.69 Å². The van der Waals surface area contributed by atoms with Crippen LogP contribution in [0, 0.1) is 0 Å². The van der Waals surface area contributed by atoms with E-state index in [4.69, 9.17) is 9.47 Å². The summed E-state index contributed by atoms with van der Waals surface area (Å²) >= 11 is 0. The maximum absolute atomic E-state index is 13.3. The first-order valence-electron chi connectivity index (χ1n) is 9.60. The fraction of sp³-hybridized carbons (Fsp3) is 0.125. The van der Waals surface area contributed by atoms with Gasteiger partial charge < -0.3 is 9.47 Å². The molecule has 7 heteroatoms. The zero-order chi connectivity index (χ0) is 22.0. The Balaban J connectivity index is 1.87. The number of hydrogen-bond donors (Lipinski definition) is 0. The van der Waals surface area contributed by atoms with Crippen molar-refractivity contribution in [2.75, 3.05) is 14.2 Å². The van der Waals surface area contributed by atoms with Crippen molar-refractivity contribution in [3.63, 3.8) is 0 Å². The first-order valence-corrected chi connectivity index (χ1v) is 9.60. The van der Waals surface area contributed by atoms with Crippen molar-refractivity contribution in [3.05, 3.63) is 99.2 Å². The van der Waals surface area contributed by atoms with E-state index >= 15 is 0 Å². The molecule has 0 fully saturated rings. The minimum atomic E-state index is -0.580. The highest BCUT2D eigenvalue weighted by molar-refractivity contribution is 5.97. The van der Waals surface area contributed by atoms with Gasteiger partial charge in [0.15, 0.2) is 17.3 Å². The summed E-state index contributed by atoms with van der Waals surface area (Å²) in [7, 11) is 3.00. The Labute approximate surface area is 177 Å². The molecule has 3 aromatic carbocycles. The van der Waals surface area contributed by atoms with Gasteiger partial charge in [-0.05, 0) is 42.5 Å². The Morgan fingerprint density at radius 3 is 2.23 bits per heavy atom. The van der Waals surface area contributed by atoms with Crippen molar-refractivity contribution in [2.24, 2.45) is 0 Å². The van der Waals surface area contributed by atoms with E-state index in [1.807, 2.05) is 0 Å². The lowest BCUT2D eigenvalue weighted by Gasteiger charge is -2.14.